The summed E-state index contributed by atoms with van der Waals surface area (Å²) in [6.07, 6.45) is -2.42. The third-order valence-corrected chi connectivity index (χ3v) is 4.04. The van der Waals surface area contributed by atoms with Gasteiger partial charge in [-0.05, 0) is 0 Å². The molecule has 0 aliphatic rings. The van der Waals surface area contributed by atoms with Gasteiger partial charge in [0.15, 0.2) is 10.1 Å². The Morgan fingerprint density at radius 2 is 0.857 bits per heavy atom. The number of hydrogen-bond donors (Lipinski definition) is 0. The smallest absolute Gasteiger partial charge is 0.743 e. The minimum absolute atomic E-state index is 0. The second-order valence-corrected chi connectivity index (χ2v) is 6.32. The van der Waals surface area contributed by atoms with Gasteiger partial charge in [0.25, 0.3) is 0 Å². The van der Waals surface area contributed by atoms with Crippen molar-refractivity contribution in [1.29, 1.82) is 0 Å². The van der Waals surface area contributed by atoms with E-state index in [4.69, 9.17) is 0 Å². The molecule has 0 bridgehead atoms. The van der Waals surface area contributed by atoms with Crippen LogP contribution in [0.15, 0.2) is 0 Å². The zero-order chi connectivity index (χ0) is 22.7. The van der Waals surface area contributed by atoms with Crippen molar-refractivity contribution in [3.05, 3.63) is 0 Å². The summed E-state index contributed by atoms with van der Waals surface area (Å²) in [7, 11) is -7.94. The van der Waals surface area contributed by atoms with Crippen molar-refractivity contribution in [2.24, 2.45) is 0 Å². The molecule has 0 heterocycles. The fourth-order valence-corrected chi connectivity index (χ4v) is 1.83. The summed E-state index contributed by atoms with van der Waals surface area (Å²) in [6.45, 7) is -0.0347. The molecule has 0 aromatic heterocycles. The molecule has 0 spiro atoms. The van der Waals surface area contributed by atoms with Gasteiger partial charge in [-0.1, -0.05) is 6.92 Å². The first-order valence-corrected chi connectivity index (χ1v) is 7.32. The topological polar surface area (TPSA) is 57.2 Å². The van der Waals surface area contributed by atoms with Crippen LogP contribution in [0, 0.1) is 0 Å². The van der Waals surface area contributed by atoms with E-state index in [2.05, 4.69) is 0 Å². The fourth-order valence-electron chi connectivity index (χ4n) is 1.38. The van der Waals surface area contributed by atoms with Gasteiger partial charge >= 0.3 is 70.3 Å². The molecule has 0 rings (SSSR count). The quantitative estimate of drug-likeness (QED) is 0.299. The normalized spacial score (nSPS) is 16.0. The van der Waals surface area contributed by atoms with Crippen molar-refractivity contribution in [2.45, 2.75) is 54.1 Å². The van der Waals surface area contributed by atoms with E-state index >= 15 is 0 Å². The summed E-state index contributed by atoms with van der Waals surface area (Å²) in [4.78, 5) is 0. The van der Waals surface area contributed by atoms with E-state index in [0.717, 1.165) is 0 Å². The van der Waals surface area contributed by atoms with E-state index < -0.39 is 57.3 Å². The largest absolute Gasteiger partial charge is 1.00 e. The van der Waals surface area contributed by atoms with Gasteiger partial charge in [-0.3, -0.25) is 0 Å². The monoisotopic (exact) mass is 482 g/mol. The second-order valence-electron chi connectivity index (χ2n) is 4.90. The maximum Gasteiger partial charge on any atom is 1.00 e. The molecule has 3 nitrogen and oxygen atoms in total. The van der Waals surface area contributed by atoms with Crippen LogP contribution in [0.3, 0.4) is 0 Å². The van der Waals surface area contributed by atoms with Gasteiger partial charge in [-0.15, -0.1) is 0 Å². The van der Waals surface area contributed by atoms with Crippen molar-refractivity contribution in [3.63, 3.8) is 0 Å². The Balaban J connectivity index is 0. The van der Waals surface area contributed by atoms with E-state index in [-0.39, 0.29) is 36.5 Å². The molecule has 0 N–H and O–H groups in total. The number of alkyl halides is 14. The van der Waals surface area contributed by atoms with E-state index in [1.165, 1.54) is 0 Å². The molecule has 0 fully saturated rings. The van der Waals surface area contributed by atoms with Crippen LogP contribution in [0.1, 0.15) is 13.3 Å². The van der Waals surface area contributed by atoms with Crippen molar-refractivity contribution < 1.29 is 104 Å². The average molecular weight is 482 g/mol. The molecular weight excluding hydrogens is 477 g/mol. The Bertz CT molecular complexity index is 674. The Kier molecular flexibility index (Phi) is 8.14. The summed E-state index contributed by atoms with van der Waals surface area (Å²) in [5, 5.41) is -7.72. The van der Waals surface area contributed by atoms with Crippen molar-refractivity contribution in [3.8, 4) is 0 Å². The van der Waals surface area contributed by atoms with Gasteiger partial charge in [0, 0.05) is 6.42 Å². The van der Waals surface area contributed by atoms with Crippen molar-refractivity contribution in [2.75, 3.05) is 0 Å². The molecule has 164 valence electrons. The van der Waals surface area contributed by atoms with E-state index in [9.17, 15) is 74.4 Å². The molecule has 0 saturated heterocycles. The number of rotatable bonds is 8. The van der Waals surface area contributed by atoms with Crippen molar-refractivity contribution >= 4 is 10.1 Å². The summed E-state index contributed by atoms with van der Waals surface area (Å²) in [5.74, 6) is -46.9. The molecule has 0 radical (unpaired) electrons. The minimum atomic E-state index is -8.42. The summed E-state index contributed by atoms with van der Waals surface area (Å²) in [6, 6.07) is 0. The van der Waals surface area contributed by atoms with Gasteiger partial charge in [-0.25, -0.2) is 8.42 Å². The SMILES string of the molecule is CCC(F)(F)C(F)(F)C(F)(F)C(F)(F)C(F)(F)C(F)(F)C(F)(F)S(=O)(=O)[O-].[Na+]. The third-order valence-electron chi connectivity index (χ3n) is 3.16. The fraction of sp³-hybridized carbons (Fsp3) is 1.00. The van der Waals surface area contributed by atoms with E-state index in [1.54, 1.807) is 0 Å². The summed E-state index contributed by atoms with van der Waals surface area (Å²) in [5.41, 5.74) is 0. The maximum atomic E-state index is 13.1. The van der Waals surface area contributed by atoms with Gasteiger partial charge in [0.05, 0.1) is 0 Å². The Morgan fingerprint density at radius 1 is 0.607 bits per heavy atom. The molecule has 19 heteroatoms. The van der Waals surface area contributed by atoms with Crippen LogP contribution in [0.2, 0.25) is 0 Å². The Hall–Kier alpha value is -0.0700. The Labute approximate surface area is 168 Å². The minimum Gasteiger partial charge on any atom is -0.743 e. The molecule has 28 heavy (non-hydrogen) atoms. The standard InChI is InChI=1S/C9H6F14O3S.Na/c1-2-3(10,11)4(12,13)5(14,15)6(16,17)7(18,19)8(20,21)9(22,23)27(24,25)26;/h2H2,1H3,(H,24,25,26);/q;+1/p-1. The molecule has 0 atom stereocenters. The van der Waals surface area contributed by atoms with E-state index in [1.807, 2.05) is 0 Å². The molecule has 0 aromatic rings. The summed E-state index contributed by atoms with van der Waals surface area (Å²) >= 11 is 0. The molecule has 0 amide bonds. The molecule has 0 aliphatic carbocycles. The summed E-state index contributed by atoms with van der Waals surface area (Å²) < 4.78 is 211. The predicted octanol–water partition coefficient (Wildman–Crippen LogP) is 1.35. The third kappa shape index (κ3) is 3.71. The van der Waals surface area contributed by atoms with Crippen molar-refractivity contribution in [1.82, 2.24) is 0 Å². The van der Waals surface area contributed by atoms with Crippen LogP contribution in [-0.4, -0.2) is 53.8 Å². The number of halogens is 14. The van der Waals surface area contributed by atoms with Crippen LogP contribution in [0.25, 0.3) is 0 Å². The van der Waals surface area contributed by atoms with E-state index in [0.29, 0.717) is 0 Å². The van der Waals surface area contributed by atoms with Gasteiger partial charge in [0.2, 0.25) is 0 Å². The van der Waals surface area contributed by atoms with Gasteiger partial charge < -0.3 is 4.55 Å². The molecule has 0 aliphatic heterocycles. The first-order valence-electron chi connectivity index (χ1n) is 5.91. The first-order chi connectivity index (χ1) is 11.3. The molecular formula is C9H5F14NaO3S. The first kappa shape index (κ1) is 30.1. The van der Waals surface area contributed by atoms with Crippen LogP contribution in [0.4, 0.5) is 61.5 Å². The molecule has 0 unspecified atom stereocenters. The van der Waals surface area contributed by atoms with Gasteiger partial charge in [0.1, 0.15) is 0 Å². The number of hydrogen-bond acceptors (Lipinski definition) is 3. The van der Waals surface area contributed by atoms with Gasteiger partial charge in [-0.2, -0.15) is 61.5 Å². The average Bonchev–Trinajstić information content (AvgIpc) is 2.44. The zero-order valence-corrected chi connectivity index (χ0v) is 15.9. The van der Waals surface area contributed by atoms with Crippen LogP contribution < -0.4 is 29.6 Å². The molecule has 0 aromatic carbocycles. The van der Waals surface area contributed by atoms with Crippen LogP contribution in [-0.2, 0) is 10.1 Å². The molecule has 0 saturated carbocycles. The van der Waals surface area contributed by atoms with Crippen LogP contribution >= 0.6 is 0 Å². The Morgan fingerprint density at radius 3 is 1.11 bits per heavy atom. The maximum absolute atomic E-state index is 13.1. The van der Waals surface area contributed by atoms with Crippen LogP contribution in [0.5, 0.6) is 0 Å². The second kappa shape index (κ2) is 7.56. The predicted molar refractivity (Wildman–Crippen MR) is 54.6 cm³/mol. The zero-order valence-electron chi connectivity index (χ0n) is 13.1.